The molecule has 1 saturated heterocycles. The number of nitrogens with zero attached hydrogens (tertiary/aromatic N) is 2. The fourth-order valence-electron chi connectivity index (χ4n) is 7.48. The largest absolute Gasteiger partial charge is 0.378 e. The van der Waals surface area contributed by atoms with Crippen molar-refractivity contribution >= 4 is 35.3 Å². The molecule has 5 fully saturated rings. The van der Waals surface area contributed by atoms with Gasteiger partial charge in [0.05, 0.1) is 5.69 Å². The van der Waals surface area contributed by atoms with Crippen LogP contribution in [0, 0.1) is 17.8 Å². The van der Waals surface area contributed by atoms with Crippen LogP contribution in [0.4, 0.5) is 16.2 Å². The summed E-state index contributed by atoms with van der Waals surface area (Å²) >= 11 is 0. The van der Waals surface area contributed by atoms with E-state index in [4.69, 9.17) is 0 Å². The van der Waals surface area contributed by atoms with E-state index in [-0.39, 0.29) is 11.0 Å². The van der Waals surface area contributed by atoms with Gasteiger partial charge >= 0.3 is 6.03 Å². The highest BCUT2D eigenvalue weighted by Gasteiger charge is 2.51. The Balaban J connectivity index is 1.21. The zero-order chi connectivity index (χ0) is 25.7. The standard InChI is InChI=1S/C31H33N3O3/c1-33(2)25-10-6-20(7-11-25)4-3-5-27-28(35)32-30(37)34(29(27)36)26-12-8-24(9-13-26)31-17-21-14-22(18-31)16-23(15-21)19-31/h3-13,21-23H,14-19H2,1-2H3,(H,32,35,37)/b4-3+,27-5+. The molecule has 4 bridgehead atoms. The van der Waals surface area contributed by atoms with Crippen LogP contribution >= 0.6 is 0 Å². The number of carbonyl (C=O) groups excluding carboxylic acids is 3. The number of amides is 4. The summed E-state index contributed by atoms with van der Waals surface area (Å²) in [5, 5.41) is 2.32. The van der Waals surface area contributed by atoms with Crippen LogP contribution in [0.2, 0.25) is 0 Å². The number of nitrogens with one attached hydrogen (secondary N) is 1. The normalized spacial score (nSPS) is 29.9. The lowest BCUT2D eigenvalue weighted by atomic mass is 9.48. The van der Waals surface area contributed by atoms with Crippen molar-refractivity contribution in [2.75, 3.05) is 23.9 Å². The van der Waals surface area contributed by atoms with Crippen molar-refractivity contribution in [3.63, 3.8) is 0 Å². The van der Waals surface area contributed by atoms with E-state index in [1.54, 1.807) is 6.08 Å². The Bertz CT molecular complexity index is 1270. The predicted octanol–water partition coefficient (Wildman–Crippen LogP) is 5.44. The van der Waals surface area contributed by atoms with E-state index in [2.05, 4.69) is 17.4 Å². The number of imide groups is 2. The van der Waals surface area contributed by atoms with E-state index < -0.39 is 17.8 Å². The maximum Gasteiger partial charge on any atom is 0.335 e. The van der Waals surface area contributed by atoms with Gasteiger partial charge in [-0.3, -0.25) is 14.9 Å². The van der Waals surface area contributed by atoms with E-state index in [1.165, 1.54) is 50.2 Å². The maximum atomic E-state index is 13.3. The molecule has 1 heterocycles. The van der Waals surface area contributed by atoms with Gasteiger partial charge in [-0.2, -0.15) is 0 Å². The summed E-state index contributed by atoms with van der Waals surface area (Å²) < 4.78 is 0. The summed E-state index contributed by atoms with van der Waals surface area (Å²) in [4.78, 5) is 41.5. The molecule has 2 aromatic rings. The Labute approximate surface area is 218 Å². The van der Waals surface area contributed by atoms with Crippen LogP contribution in [0.25, 0.3) is 6.08 Å². The zero-order valence-electron chi connectivity index (χ0n) is 21.4. The molecule has 190 valence electrons. The third-order valence-corrected chi connectivity index (χ3v) is 8.84. The SMILES string of the molecule is CN(C)c1ccc(/C=C/C=C2\C(=O)NC(=O)N(c3ccc(C45CC6CC(CC(C6)C4)C5)cc3)C2=O)cc1. The van der Waals surface area contributed by atoms with Crippen LogP contribution in [0.1, 0.15) is 49.7 Å². The van der Waals surface area contributed by atoms with E-state index in [9.17, 15) is 14.4 Å². The van der Waals surface area contributed by atoms with Crippen LogP contribution in [-0.2, 0) is 15.0 Å². The van der Waals surface area contributed by atoms with E-state index in [0.717, 1.165) is 33.9 Å². The van der Waals surface area contributed by atoms with Crippen molar-refractivity contribution in [1.82, 2.24) is 5.32 Å². The molecule has 2 aromatic carbocycles. The highest BCUT2D eigenvalue weighted by atomic mass is 16.2. The first-order valence-corrected chi connectivity index (χ1v) is 13.3. The summed E-state index contributed by atoms with van der Waals surface area (Å²) in [6, 6.07) is 15.1. The average molecular weight is 496 g/mol. The lowest BCUT2D eigenvalue weighted by Crippen LogP contribution is -2.54. The molecule has 5 aliphatic rings. The molecule has 37 heavy (non-hydrogen) atoms. The molecule has 7 rings (SSSR count). The molecular formula is C31H33N3O3. The number of anilines is 2. The third-order valence-electron chi connectivity index (χ3n) is 8.84. The Morgan fingerprint density at radius 2 is 1.46 bits per heavy atom. The van der Waals surface area contributed by atoms with Gasteiger partial charge in [0.2, 0.25) is 0 Å². The molecule has 4 amide bonds. The molecular weight excluding hydrogens is 462 g/mol. The molecule has 0 unspecified atom stereocenters. The molecule has 0 aromatic heterocycles. The minimum atomic E-state index is -0.710. The minimum absolute atomic E-state index is 0.0640. The molecule has 4 aliphatic carbocycles. The quantitative estimate of drug-likeness (QED) is 0.443. The van der Waals surface area contributed by atoms with Crippen molar-refractivity contribution in [2.24, 2.45) is 17.8 Å². The van der Waals surface area contributed by atoms with Crippen molar-refractivity contribution in [1.29, 1.82) is 0 Å². The Morgan fingerprint density at radius 3 is 2.03 bits per heavy atom. The number of urea groups is 1. The summed E-state index contributed by atoms with van der Waals surface area (Å²) in [7, 11) is 3.96. The molecule has 6 heteroatoms. The van der Waals surface area contributed by atoms with Gasteiger partial charge in [0.15, 0.2) is 0 Å². The van der Waals surface area contributed by atoms with Crippen molar-refractivity contribution in [3.8, 4) is 0 Å². The summed E-state index contributed by atoms with van der Waals surface area (Å²) in [5.41, 5.74) is 4.02. The maximum absolute atomic E-state index is 13.3. The topological polar surface area (TPSA) is 69.7 Å². The fourth-order valence-corrected chi connectivity index (χ4v) is 7.48. The Morgan fingerprint density at radius 1 is 0.865 bits per heavy atom. The van der Waals surface area contributed by atoms with Crippen molar-refractivity contribution < 1.29 is 14.4 Å². The highest BCUT2D eigenvalue weighted by Crippen LogP contribution is 2.60. The second kappa shape index (κ2) is 9.02. The third kappa shape index (κ3) is 4.28. The van der Waals surface area contributed by atoms with Gasteiger partial charge in [0.25, 0.3) is 11.8 Å². The van der Waals surface area contributed by atoms with Crippen LogP contribution in [-0.4, -0.2) is 31.9 Å². The Kier molecular flexibility index (Phi) is 5.78. The van der Waals surface area contributed by atoms with E-state index in [1.807, 2.05) is 61.5 Å². The van der Waals surface area contributed by atoms with Crippen LogP contribution < -0.4 is 15.1 Å². The van der Waals surface area contributed by atoms with Crippen LogP contribution in [0.15, 0.2) is 66.3 Å². The van der Waals surface area contributed by atoms with Gasteiger partial charge in [0.1, 0.15) is 5.57 Å². The second-order valence-electron chi connectivity index (χ2n) is 11.6. The molecule has 1 aliphatic heterocycles. The van der Waals surface area contributed by atoms with E-state index in [0.29, 0.717) is 5.69 Å². The number of barbiturate groups is 1. The molecule has 0 spiro atoms. The van der Waals surface area contributed by atoms with Gasteiger partial charge in [-0.05, 0) is 103 Å². The summed E-state index contributed by atoms with van der Waals surface area (Å²) in [6.07, 6.45) is 12.9. The predicted molar refractivity (Wildman–Crippen MR) is 145 cm³/mol. The highest BCUT2D eigenvalue weighted by molar-refractivity contribution is 6.37. The number of hydrogen-bond acceptors (Lipinski definition) is 4. The molecule has 0 radical (unpaired) electrons. The first kappa shape index (κ1) is 23.7. The van der Waals surface area contributed by atoms with Gasteiger partial charge in [-0.25, -0.2) is 9.69 Å². The van der Waals surface area contributed by atoms with Gasteiger partial charge in [-0.15, -0.1) is 0 Å². The molecule has 4 saturated carbocycles. The monoisotopic (exact) mass is 495 g/mol. The molecule has 1 N–H and O–H groups in total. The number of allylic oxidation sites excluding steroid dienone is 2. The second-order valence-corrected chi connectivity index (χ2v) is 11.6. The Hall–Kier alpha value is -3.67. The number of hydrogen-bond donors (Lipinski definition) is 1. The lowest BCUT2D eigenvalue weighted by molar-refractivity contribution is -0.122. The van der Waals surface area contributed by atoms with Crippen LogP contribution in [0.5, 0.6) is 0 Å². The lowest BCUT2D eigenvalue weighted by Gasteiger charge is -2.57. The van der Waals surface area contributed by atoms with E-state index >= 15 is 0 Å². The average Bonchev–Trinajstić information content (AvgIpc) is 2.86. The van der Waals surface area contributed by atoms with Gasteiger partial charge in [0, 0.05) is 19.8 Å². The number of benzene rings is 2. The first-order chi connectivity index (χ1) is 17.8. The number of rotatable bonds is 5. The number of carbonyl (C=O) groups is 3. The van der Waals surface area contributed by atoms with Crippen molar-refractivity contribution in [2.45, 2.75) is 43.9 Å². The summed E-state index contributed by atoms with van der Waals surface area (Å²) in [6.45, 7) is 0. The van der Waals surface area contributed by atoms with Gasteiger partial charge < -0.3 is 4.90 Å². The van der Waals surface area contributed by atoms with Gasteiger partial charge in [-0.1, -0.05) is 36.4 Å². The summed E-state index contributed by atoms with van der Waals surface area (Å²) in [5.74, 6) is 1.25. The zero-order valence-corrected chi connectivity index (χ0v) is 21.4. The molecule has 0 atom stereocenters. The van der Waals surface area contributed by atoms with Crippen LogP contribution in [0.3, 0.4) is 0 Å². The van der Waals surface area contributed by atoms with Crippen molar-refractivity contribution in [3.05, 3.63) is 77.4 Å². The molecule has 6 nitrogen and oxygen atoms in total. The minimum Gasteiger partial charge on any atom is -0.378 e. The fraction of sp³-hybridized carbons (Fsp3) is 0.387. The first-order valence-electron chi connectivity index (χ1n) is 13.3. The smallest absolute Gasteiger partial charge is 0.335 e.